The molecule has 0 spiro atoms. The van der Waals surface area contributed by atoms with E-state index < -0.39 is 0 Å². The number of aliphatic hydroxyl groups excluding tert-OH is 1. The molecule has 140 valence electrons. The standard InChI is InChI=1S/C24H20O4/c25-16-17-28-22-13-11-21(12-14-22)24(27)20-9-7-19(8-10-20)23(26)15-6-18-4-2-1-3-5-18/h1-15,25H,16-17H2. The Morgan fingerprint density at radius 1 is 0.786 bits per heavy atom. The Bertz CT molecular complexity index is 956. The van der Waals surface area contributed by atoms with Gasteiger partial charge >= 0.3 is 0 Å². The molecular weight excluding hydrogens is 352 g/mol. The average Bonchev–Trinajstić information content (AvgIpc) is 2.76. The van der Waals surface area contributed by atoms with Gasteiger partial charge in [0.05, 0.1) is 6.61 Å². The molecule has 3 aromatic rings. The van der Waals surface area contributed by atoms with Crippen LogP contribution in [0.3, 0.4) is 0 Å². The molecule has 4 heteroatoms. The first kappa shape index (κ1) is 19.3. The second kappa shape index (κ2) is 9.44. The Labute approximate surface area is 163 Å². The van der Waals surface area contributed by atoms with E-state index >= 15 is 0 Å². The highest BCUT2D eigenvalue weighted by molar-refractivity contribution is 6.10. The maximum Gasteiger partial charge on any atom is 0.193 e. The number of allylic oxidation sites excluding steroid dienone is 1. The second-order valence-electron chi connectivity index (χ2n) is 6.11. The molecule has 0 bridgehead atoms. The molecule has 0 aromatic heterocycles. The third kappa shape index (κ3) is 5.02. The molecule has 0 aliphatic heterocycles. The van der Waals surface area contributed by atoms with E-state index in [1.165, 1.54) is 6.08 Å². The molecule has 3 rings (SSSR count). The minimum absolute atomic E-state index is 0.0632. The topological polar surface area (TPSA) is 63.6 Å². The van der Waals surface area contributed by atoms with Crippen LogP contribution in [0.4, 0.5) is 0 Å². The molecule has 0 amide bonds. The summed E-state index contributed by atoms with van der Waals surface area (Å²) in [7, 11) is 0. The molecule has 0 saturated carbocycles. The highest BCUT2D eigenvalue weighted by Crippen LogP contribution is 2.16. The van der Waals surface area contributed by atoms with Crippen LogP contribution in [0.5, 0.6) is 5.75 Å². The fourth-order valence-electron chi connectivity index (χ4n) is 2.65. The van der Waals surface area contributed by atoms with Crippen molar-refractivity contribution in [2.45, 2.75) is 0 Å². The molecule has 4 nitrogen and oxygen atoms in total. The Morgan fingerprint density at radius 2 is 1.36 bits per heavy atom. The third-order valence-corrected chi connectivity index (χ3v) is 4.13. The summed E-state index contributed by atoms with van der Waals surface area (Å²) < 4.78 is 5.29. The van der Waals surface area contributed by atoms with Crippen LogP contribution >= 0.6 is 0 Å². The number of hydrogen-bond acceptors (Lipinski definition) is 4. The van der Waals surface area contributed by atoms with Gasteiger partial charge in [-0.1, -0.05) is 60.7 Å². The summed E-state index contributed by atoms with van der Waals surface area (Å²) in [6.07, 6.45) is 3.29. The summed E-state index contributed by atoms with van der Waals surface area (Å²) in [6.45, 7) is 0.147. The predicted octanol–water partition coefficient (Wildman–Crippen LogP) is 4.18. The van der Waals surface area contributed by atoms with Gasteiger partial charge in [-0.3, -0.25) is 9.59 Å². The highest BCUT2D eigenvalue weighted by atomic mass is 16.5. The van der Waals surface area contributed by atoms with E-state index in [9.17, 15) is 9.59 Å². The molecule has 28 heavy (non-hydrogen) atoms. The van der Waals surface area contributed by atoms with Crippen LogP contribution < -0.4 is 4.74 Å². The van der Waals surface area contributed by atoms with Gasteiger partial charge in [-0.15, -0.1) is 0 Å². The van der Waals surface area contributed by atoms with Crippen molar-refractivity contribution in [1.82, 2.24) is 0 Å². The fraction of sp³-hybridized carbons (Fsp3) is 0.0833. The molecule has 1 N–H and O–H groups in total. The number of benzene rings is 3. The van der Waals surface area contributed by atoms with Crippen LogP contribution in [0.2, 0.25) is 0 Å². The predicted molar refractivity (Wildman–Crippen MR) is 109 cm³/mol. The number of ether oxygens (including phenoxy) is 1. The number of aliphatic hydroxyl groups is 1. The lowest BCUT2D eigenvalue weighted by Gasteiger charge is -2.06. The van der Waals surface area contributed by atoms with E-state index in [-0.39, 0.29) is 24.8 Å². The van der Waals surface area contributed by atoms with Crippen molar-refractivity contribution >= 4 is 17.6 Å². The summed E-state index contributed by atoms with van der Waals surface area (Å²) in [4.78, 5) is 24.9. The van der Waals surface area contributed by atoms with Crippen molar-refractivity contribution in [1.29, 1.82) is 0 Å². The number of carbonyl (C=O) groups excluding carboxylic acids is 2. The maximum atomic E-state index is 12.6. The van der Waals surface area contributed by atoms with Gasteiger partial charge in [0.25, 0.3) is 0 Å². The first-order valence-electron chi connectivity index (χ1n) is 8.93. The Balaban J connectivity index is 1.67. The first-order chi connectivity index (χ1) is 13.7. The normalized spacial score (nSPS) is 10.8. The summed E-state index contributed by atoms with van der Waals surface area (Å²) in [5, 5.41) is 8.76. The van der Waals surface area contributed by atoms with Gasteiger partial charge in [-0.05, 0) is 35.9 Å². The molecular formula is C24H20O4. The van der Waals surface area contributed by atoms with Gasteiger partial charge in [0.15, 0.2) is 11.6 Å². The van der Waals surface area contributed by atoms with Gasteiger partial charge in [0.1, 0.15) is 12.4 Å². The minimum Gasteiger partial charge on any atom is -0.491 e. The second-order valence-corrected chi connectivity index (χ2v) is 6.11. The van der Waals surface area contributed by atoms with Crippen LogP contribution in [0.15, 0.2) is 84.9 Å². The molecule has 0 saturated heterocycles. The fourth-order valence-corrected chi connectivity index (χ4v) is 2.65. The van der Waals surface area contributed by atoms with E-state index in [0.717, 1.165) is 5.56 Å². The lowest BCUT2D eigenvalue weighted by atomic mass is 10.0. The van der Waals surface area contributed by atoms with Crippen LogP contribution in [0.25, 0.3) is 6.08 Å². The van der Waals surface area contributed by atoms with Crippen molar-refractivity contribution in [3.05, 3.63) is 107 Å². The summed E-state index contributed by atoms with van der Waals surface area (Å²) >= 11 is 0. The van der Waals surface area contributed by atoms with E-state index in [2.05, 4.69) is 0 Å². The number of rotatable bonds is 8. The van der Waals surface area contributed by atoms with Crippen LogP contribution in [-0.2, 0) is 0 Å². The minimum atomic E-state index is -0.132. The van der Waals surface area contributed by atoms with Gasteiger partial charge in [0.2, 0.25) is 0 Å². The number of ketones is 2. The smallest absolute Gasteiger partial charge is 0.193 e. The van der Waals surface area contributed by atoms with E-state index in [1.807, 2.05) is 30.3 Å². The summed E-state index contributed by atoms with van der Waals surface area (Å²) in [6, 6.07) is 22.9. The lowest BCUT2D eigenvalue weighted by Crippen LogP contribution is -2.04. The summed E-state index contributed by atoms with van der Waals surface area (Å²) in [5.74, 6) is 0.345. The van der Waals surface area contributed by atoms with E-state index in [0.29, 0.717) is 22.4 Å². The monoisotopic (exact) mass is 372 g/mol. The van der Waals surface area contributed by atoms with Crippen molar-refractivity contribution in [2.24, 2.45) is 0 Å². The zero-order chi connectivity index (χ0) is 19.8. The molecule has 0 heterocycles. The largest absolute Gasteiger partial charge is 0.491 e. The van der Waals surface area contributed by atoms with Crippen LogP contribution in [0.1, 0.15) is 31.8 Å². The number of hydrogen-bond donors (Lipinski definition) is 1. The molecule has 0 atom stereocenters. The summed E-state index contributed by atoms with van der Waals surface area (Å²) in [5.41, 5.74) is 2.51. The van der Waals surface area contributed by atoms with Crippen molar-refractivity contribution in [3.63, 3.8) is 0 Å². The van der Waals surface area contributed by atoms with Crippen molar-refractivity contribution in [2.75, 3.05) is 13.2 Å². The molecule has 0 aliphatic rings. The van der Waals surface area contributed by atoms with Gasteiger partial charge in [0, 0.05) is 16.7 Å². The Hall–Kier alpha value is -3.50. The zero-order valence-corrected chi connectivity index (χ0v) is 15.2. The molecule has 0 aliphatic carbocycles. The molecule has 0 unspecified atom stereocenters. The maximum absolute atomic E-state index is 12.6. The van der Waals surface area contributed by atoms with Crippen LogP contribution in [-0.4, -0.2) is 29.9 Å². The Kier molecular flexibility index (Phi) is 6.50. The molecule has 3 aromatic carbocycles. The van der Waals surface area contributed by atoms with Gasteiger partial charge in [-0.2, -0.15) is 0 Å². The van der Waals surface area contributed by atoms with Gasteiger partial charge in [-0.25, -0.2) is 0 Å². The average molecular weight is 372 g/mol. The van der Waals surface area contributed by atoms with E-state index in [1.54, 1.807) is 54.6 Å². The highest BCUT2D eigenvalue weighted by Gasteiger charge is 2.10. The first-order valence-corrected chi connectivity index (χ1v) is 8.93. The lowest BCUT2D eigenvalue weighted by molar-refractivity contribution is 0.103. The zero-order valence-electron chi connectivity index (χ0n) is 15.2. The molecule has 0 fully saturated rings. The van der Waals surface area contributed by atoms with Crippen molar-refractivity contribution < 1.29 is 19.4 Å². The van der Waals surface area contributed by atoms with Gasteiger partial charge < -0.3 is 9.84 Å². The SMILES string of the molecule is O=C(C=Cc1ccccc1)c1ccc(C(=O)c2ccc(OCCO)cc2)cc1. The third-order valence-electron chi connectivity index (χ3n) is 4.13. The Morgan fingerprint density at radius 3 is 1.96 bits per heavy atom. The van der Waals surface area contributed by atoms with Crippen LogP contribution in [0, 0.1) is 0 Å². The number of carbonyl (C=O) groups is 2. The quantitative estimate of drug-likeness (QED) is 0.476. The molecule has 0 radical (unpaired) electrons. The van der Waals surface area contributed by atoms with E-state index in [4.69, 9.17) is 9.84 Å². The van der Waals surface area contributed by atoms with Crippen molar-refractivity contribution in [3.8, 4) is 5.75 Å².